The second-order valence-electron chi connectivity index (χ2n) is 16.4. The van der Waals surface area contributed by atoms with Gasteiger partial charge in [-0.25, -0.2) is 4.21 Å². The Bertz CT molecular complexity index is 2160. The molecule has 1 fully saturated rings. The van der Waals surface area contributed by atoms with Gasteiger partial charge in [0.25, 0.3) is 5.91 Å². The number of likely N-dealkylation sites (N-methyl/N-ethyl adjacent to an activating group) is 1. The molecule has 1 amide bonds. The first-order valence-corrected chi connectivity index (χ1v) is 21.7. The van der Waals surface area contributed by atoms with Crippen LogP contribution in [0, 0.1) is 17.8 Å². The summed E-state index contributed by atoms with van der Waals surface area (Å²) in [6.07, 6.45) is 10.2. The van der Waals surface area contributed by atoms with Crippen molar-refractivity contribution in [2.75, 3.05) is 63.9 Å². The molecule has 3 heterocycles. The molecule has 0 radical (unpaired) electrons. The summed E-state index contributed by atoms with van der Waals surface area (Å²) in [5, 5.41) is 4.90. The van der Waals surface area contributed by atoms with Crippen molar-refractivity contribution in [3.63, 3.8) is 0 Å². The maximum absolute atomic E-state index is 14.8. The third-order valence-corrected chi connectivity index (χ3v) is 14.2. The minimum Gasteiger partial charge on any atom is -0.490 e. The van der Waals surface area contributed by atoms with E-state index in [4.69, 9.17) is 25.8 Å². The molecule has 7 rings (SSSR count). The van der Waals surface area contributed by atoms with Crippen LogP contribution in [0.5, 0.6) is 11.6 Å². The number of ether oxygens (including phenoxy) is 3. The SMILES string of the molecule is COc1nn(C)cc1C(=O)C[S@@]1(=O)=NC(=O)c2ccc3c(c2)N(C[C@@H]2CC[C@H]2[C@@H](OC(=O)CN(C)C)/C=C/C[C@H](C)C1)C[C@@]1(CCCc2cc(Cl)ccc21)CO3. The van der Waals surface area contributed by atoms with Crippen molar-refractivity contribution in [3.8, 4) is 11.6 Å². The number of amides is 1. The summed E-state index contributed by atoms with van der Waals surface area (Å²) in [4.78, 5) is 45.1. The first-order chi connectivity index (χ1) is 26.7. The molecule has 300 valence electrons. The molecular weight excluding hydrogens is 754 g/mol. The quantitative estimate of drug-likeness (QED) is 0.156. The number of rotatable bonds is 7. The molecule has 4 aliphatic rings. The zero-order valence-electron chi connectivity index (χ0n) is 32.9. The molecule has 12 nitrogen and oxygen atoms in total. The largest absolute Gasteiger partial charge is 0.490 e. The highest BCUT2D eigenvalue weighted by Crippen LogP contribution is 2.47. The molecule has 1 aromatic heterocycles. The fourth-order valence-electron chi connectivity index (χ4n) is 8.88. The predicted molar refractivity (Wildman–Crippen MR) is 217 cm³/mol. The smallest absolute Gasteiger partial charge is 0.320 e. The van der Waals surface area contributed by atoms with Gasteiger partial charge in [0, 0.05) is 54.0 Å². The molecule has 1 spiro atoms. The van der Waals surface area contributed by atoms with Gasteiger partial charge in [0.1, 0.15) is 17.4 Å². The van der Waals surface area contributed by atoms with E-state index in [-0.39, 0.29) is 58.4 Å². The van der Waals surface area contributed by atoms with E-state index in [1.165, 1.54) is 29.1 Å². The second-order valence-corrected chi connectivity index (χ2v) is 19.2. The maximum atomic E-state index is 14.8. The van der Waals surface area contributed by atoms with Crippen LogP contribution >= 0.6 is 11.6 Å². The van der Waals surface area contributed by atoms with Gasteiger partial charge in [0.15, 0.2) is 5.78 Å². The number of Topliss-reactive ketones (excluding diaryl/α,β-unsaturated/α-hetero) is 1. The maximum Gasteiger partial charge on any atom is 0.320 e. The van der Waals surface area contributed by atoms with Gasteiger partial charge in [-0.3, -0.25) is 24.0 Å². The summed E-state index contributed by atoms with van der Waals surface area (Å²) in [7, 11) is 3.33. The third kappa shape index (κ3) is 8.55. The second kappa shape index (κ2) is 16.3. The summed E-state index contributed by atoms with van der Waals surface area (Å²) in [5.41, 5.74) is 3.33. The number of hydrogen-bond donors (Lipinski definition) is 0. The van der Waals surface area contributed by atoms with Crippen molar-refractivity contribution in [1.82, 2.24) is 14.7 Å². The minimum atomic E-state index is -3.43. The number of hydrogen-bond acceptors (Lipinski definition) is 10. The third-order valence-electron chi connectivity index (χ3n) is 11.7. The summed E-state index contributed by atoms with van der Waals surface area (Å²) in [5.74, 6) is -1.06. The van der Waals surface area contributed by atoms with Crippen LogP contribution in [-0.4, -0.2) is 102 Å². The van der Waals surface area contributed by atoms with Gasteiger partial charge < -0.3 is 19.1 Å². The van der Waals surface area contributed by atoms with Crippen molar-refractivity contribution >= 4 is 44.7 Å². The Balaban J connectivity index is 1.31. The molecule has 1 saturated carbocycles. The normalized spacial score (nSPS) is 28.2. The summed E-state index contributed by atoms with van der Waals surface area (Å²) in [6, 6.07) is 11.4. The Labute approximate surface area is 334 Å². The van der Waals surface area contributed by atoms with Gasteiger partial charge in [-0.1, -0.05) is 30.7 Å². The van der Waals surface area contributed by atoms with Gasteiger partial charge in [-0.05, 0) is 112 Å². The standard InChI is InChI=1S/C42H52ClN5O7S/c1-27-8-6-10-37(55-39(50)22-46(2)3)32-14-11-30(32)20-48-25-42(17-7-9-28-18-31(43)13-15-34(28)42)26-54-38-16-12-29(19-35(38)48)40(51)45-56(52,23-27)24-36(49)33-21-47(4)44-41(33)53-5/h6,10,12-13,15-16,18-19,21,27,30,32,37H,7-9,11,14,17,20,22-26H2,1-5H3/b10-6+/t27-,30-,32+,37-,42-,56+/m0/s1. The number of anilines is 1. The number of allylic oxidation sites excluding steroid dienone is 1. The number of aryl methyl sites for hydroxylation is 2. The van der Waals surface area contributed by atoms with E-state index in [0.29, 0.717) is 36.9 Å². The highest BCUT2D eigenvalue weighted by atomic mass is 35.5. The average Bonchev–Trinajstić information content (AvgIpc) is 3.44. The molecule has 56 heavy (non-hydrogen) atoms. The number of carbonyl (C=O) groups excluding carboxylic acids is 3. The van der Waals surface area contributed by atoms with Crippen molar-refractivity contribution < 1.29 is 32.8 Å². The van der Waals surface area contributed by atoms with Crippen LogP contribution in [0.4, 0.5) is 5.69 Å². The van der Waals surface area contributed by atoms with E-state index in [2.05, 4.69) is 26.5 Å². The van der Waals surface area contributed by atoms with E-state index < -0.39 is 33.3 Å². The molecule has 2 aromatic carbocycles. The molecule has 3 aromatic rings. The Morgan fingerprint density at radius 3 is 2.73 bits per heavy atom. The first-order valence-electron chi connectivity index (χ1n) is 19.4. The minimum absolute atomic E-state index is 0.000652. The first kappa shape index (κ1) is 40.0. The van der Waals surface area contributed by atoms with Crippen molar-refractivity contribution in [1.29, 1.82) is 0 Å². The van der Waals surface area contributed by atoms with Gasteiger partial charge >= 0.3 is 5.97 Å². The molecular formula is C42H52ClN5O7S. The number of esters is 1. The van der Waals surface area contributed by atoms with Crippen LogP contribution in [0.25, 0.3) is 0 Å². The zero-order chi connectivity index (χ0) is 39.8. The summed E-state index contributed by atoms with van der Waals surface area (Å²) >= 11 is 6.48. The fourth-order valence-corrected chi connectivity index (χ4v) is 11.3. The lowest BCUT2D eigenvalue weighted by Crippen LogP contribution is -2.50. The van der Waals surface area contributed by atoms with Gasteiger partial charge in [0.05, 0.1) is 41.4 Å². The predicted octanol–water partition coefficient (Wildman–Crippen LogP) is 6.14. The Morgan fingerprint density at radius 1 is 1.16 bits per heavy atom. The van der Waals surface area contributed by atoms with Crippen LogP contribution in [0.15, 0.2) is 59.1 Å². The van der Waals surface area contributed by atoms with Crippen LogP contribution in [-0.2, 0) is 38.1 Å². The molecule has 0 unspecified atom stereocenters. The fraction of sp³-hybridized carbons (Fsp3) is 0.524. The van der Waals surface area contributed by atoms with Crippen LogP contribution in [0.2, 0.25) is 5.02 Å². The lowest BCUT2D eigenvalue weighted by Gasteiger charge is -2.46. The number of aromatic nitrogens is 2. The van der Waals surface area contributed by atoms with Crippen molar-refractivity contribution in [2.24, 2.45) is 29.2 Å². The highest BCUT2D eigenvalue weighted by Gasteiger charge is 2.45. The van der Waals surface area contributed by atoms with E-state index in [9.17, 15) is 18.6 Å². The Hall–Kier alpha value is -4.20. The number of carbonyl (C=O) groups is 3. The Kier molecular flexibility index (Phi) is 11.7. The highest BCUT2D eigenvalue weighted by molar-refractivity contribution is 7.94. The monoisotopic (exact) mass is 805 g/mol. The Morgan fingerprint density at radius 2 is 1.98 bits per heavy atom. The van der Waals surface area contributed by atoms with Crippen LogP contribution in [0.3, 0.4) is 0 Å². The molecule has 2 aliphatic heterocycles. The number of halogens is 1. The average molecular weight is 806 g/mol. The lowest BCUT2D eigenvalue weighted by molar-refractivity contribution is -0.152. The van der Waals surface area contributed by atoms with E-state index in [1.807, 2.05) is 45.3 Å². The molecule has 0 N–H and O–H groups in total. The van der Waals surface area contributed by atoms with E-state index >= 15 is 0 Å². The number of methoxy groups -OCH3 is 1. The van der Waals surface area contributed by atoms with E-state index in [0.717, 1.165) is 37.8 Å². The topological polar surface area (TPSA) is 133 Å². The molecule has 6 atom stereocenters. The van der Waals surface area contributed by atoms with Gasteiger partial charge in [0.2, 0.25) is 5.88 Å². The number of benzene rings is 2. The van der Waals surface area contributed by atoms with Gasteiger partial charge in [-0.2, -0.15) is 4.36 Å². The summed E-state index contributed by atoms with van der Waals surface area (Å²) in [6.45, 7) is 3.84. The summed E-state index contributed by atoms with van der Waals surface area (Å²) < 4.78 is 38.8. The number of nitrogens with zero attached hydrogens (tertiary/aromatic N) is 5. The van der Waals surface area contributed by atoms with Gasteiger partial charge in [-0.15, -0.1) is 5.10 Å². The zero-order valence-corrected chi connectivity index (χ0v) is 34.4. The van der Waals surface area contributed by atoms with Crippen molar-refractivity contribution in [3.05, 3.63) is 82.0 Å². The van der Waals surface area contributed by atoms with Crippen LogP contribution in [0.1, 0.15) is 70.9 Å². The van der Waals surface area contributed by atoms with Crippen molar-refractivity contribution in [2.45, 2.75) is 57.0 Å². The van der Waals surface area contributed by atoms with Crippen LogP contribution < -0.4 is 14.4 Å². The number of ketones is 1. The number of fused-ring (bicyclic) bond motifs is 4. The molecule has 2 aliphatic carbocycles. The molecule has 0 saturated heterocycles. The molecule has 2 bridgehead atoms. The molecule has 14 heteroatoms. The lowest BCUT2D eigenvalue weighted by atomic mass is 9.68. The van der Waals surface area contributed by atoms with E-state index in [1.54, 1.807) is 24.1 Å².